The Hall–Kier alpha value is -5.09. The first kappa shape index (κ1) is 38.1. The van der Waals surface area contributed by atoms with Crippen LogP contribution in [0, 0.1) is 5.92 Å². The number of nitrogens with one attached hydrogen (secondary N) is 1. The molecule has 0 spiro atoms. The summed E-state index contributed by atoms with van der Waals surface area (Å²) in [4.78, 5) is 50.0. The van der Waals surface area contributed by atoms with Gasteiger partial charge in [-0.3, -0.25) is 9.59 Å². The van der Waals surface area contributed by atoms with Gasteiger partial charge < -0.3 is 19.6 Å². The molecule has 0 bridgehead atoms. The molecule has 0 aliphatic heterocycles. The molecule has 2 aromatic carbocycles. The fraction of sp³-hybridized carbons (Fsp3) is 0.357. The Balaban J connectivity index is 1.25. The molecule has 9 nitrogen and oxygen atoms in total. The van der Waals surface area contributed by atoms with Crippen molar-refractivity contribution in [3.63, 3.8) is 0 Å². The number of nitrogens with zero attached hydrogens (tertiary/aromatic N) is 2. The van der Waals surface area contributed by atoms with E-state index in [1.165, 1.54) is 49.3 Å². The molecule has 0 saturated carbocycles. The van der Waals surface area contributed by atoms with Gasteiger partial charge in [0.05, 0.1) is 17.7 Å². The fourth-order valence-electron chi connectivity index (χ4n) is 5.78. The minimum Gasteiger partial charge on any atom is -0.494 e. The van der Waals surface area contributed by atoms with Crippen LogP contribution in [0.15, 0.2) is 95.9 Å². The van der Waals surface area contributed by atoms with Gasteiger partial charge in [0.25, 0.3) is 0 Å². The van der Waals surface area contributed by atoms with Crippen LogP contribution in [-0.4, -0.2) is 39.3 Å². The van der Waals surface area contributed by atoms with Crippen LogP contribution >= 0.6 is 11.3 Å². The Morgan fingerprint density at radius 2 is 1.56 bits per heavy atom. The number of aromatic nitrogens is 2. The number of carboxylic acid groups (broad SMARTS) is 1. The van der Waals surface area contributed by atoms with Crippen LogP contribution in [0.3, 0.4) is 0 Å². The van der Waals surface area contributed by atoms with E-state index in [0.29, 0.717) is 10.7 Å². The van der Waals surface area contributed by atoms with E-state index in [1.807, 2.05) is 54.6 Å². The molecule has 1 amide bonds. The predicted molar refractivity (Wildman–Crippen MR) is 204 cm³/mol. The smallest absolute Gasteiger partial charge is 0.334 e. The SMILES string of the molecule is CCCCCCCOc1ccc(-c2cnc(-c3ccc(C[C@H](CC(=O)c4ccc(C(C)(C)C)s4)C(=O)NC(C(=O)O)c4ccco4)cc3)nc2)cc1. The Morgan fingerprint density at radius 1 is 0.865 bits per heavy atom. The number of furan rings is 1. The molecule has 52 heavy (non-hydrogen) atoms. The van der Waals surface area contributed by atoms with Crippen LogP contribution in [0.25, 0.3) is 22.5 Å². The van der Waals surface area contributed by atoms with E-state index in [4.69, 9.17) is 9.15 Å². The highest BCUT2D eigenvalue weighted by Gasteiger charge is 2.31. The number of Topliss-reactive ketones (excluding diaryl/α,β-unsaturated/α-hetero) is 1. The summed E-state index contributed by atoms with van der Waals surface area (Å²) in [6.07, 6.45) is 11.1. The van der Waals surface area contributed by atoms with Crippen molar-refractivity contribution < 1.29 is 28.6 Å². The quantitative estimate of drug-likeness (QED) is 0.0676. The highest BCUT2D eigenvalue weighted by atomic mass is 32.1. The molecule has 2 N–H and O–H groups in total. The van der Waals surface area contributed by atoms with Crippen LogP contribution in [0.5, 0.6) is 5.75 Å². The van der Waals surface area contributed by atoms with Crippen molar-refractivity contribution >= 4 is 29.0 Å². The second kappa shape index (κ2) is 17.9. The fourth-order valence-corrected chi connectivity index (χ4v) is 6.80. The molecule has 2 atom stereocenters. The molecular weight excluding hydrogens is 675 g/mol. The molecule has 0 aliphatic rings. The average molecular weight is 722 g/mol. The monoisotopic (exact) mass is 721 g/mol. The first-order chi connectivity index (χ1) is 25.0. The lowest BCUT2D eigenvalue weighted by atomic mass is 9.92. The highest BCUT2D eigenvalue weighted by molar-refractivity contribution is 7.14. The standard InChI is InChI=1S/C42H47N3O6S/c1-5-6-7-8-9-22-50-33-18-16-29(17-19-33)32-26-43-39(44-27-32)30-14-12-28(13-15-30)24-31(25-34(46)36-20-21-37(52-36)42(2,3)4)40(47)45-38(41(48)49)35-11-10-23-51-35/h10-21,23,26-27,31,38H,5-9,22,24-25H2,1-4H3,(H,45,47)(H,48,49)/t31-,38?/m1/s1. The van der Waals surface area contributed by atoms with Crippen molar-refractivity contribution in [3.05, 3.63) is 113 Å². The van der Waals surface area contributed by atoms with Gasteiger partial charge in [0.15, 0.2) is 17.6 Å². The number of unbranched alkanes of at least 4 members (excludes halogenated alkanes) is 4. The van der Waals surface area contributed by atoms with E-state index < -0.39 is 23.8 Å². The van der Waals surface area contributed by atoms with Crippen LogP contribution in [-0.2, 0) is 21.4 Å². The van der Waals surface area contributed by atoms with Crippen LogP contribution in [0.4, 0.5) is 0 Å². The number of amides is 1. The minimum atomic E-state index is -1.38. The number of carboxylic acids is 1. The van der Waals surface area contributed by atoms with Gasteiger partial charge in [0, 0.05) is 40.7 Å². The minimum absolute atomic E-state index is 0.0844. The van der Waals surface area contributed by atoms with Crippen LogP contribution < -0.4 is 10.1 Å². The molecule has 0 radical (unpaired) electrons. The number of ketones is 1. The van der Waals surface area contributed by atoms with Crippen molar-refractivity contribution in [1.29, 1.82) is 0 Å². The summed E-state index contributed by atoms with van der Waals surface area (Å²) < 4.78 is 11.2. The topological polar surface area (TPSA) is 132 Å². The Kier molecular flexibility index (Phi) is 13.1. The van der Waals surface area contributed by atoms with Gasteiger partial charge in [-0.1, -0.05) is 89.8 Å². The van der Waals surface area contributed by atoms with Crippen molar-refractivity contribution in [2.45, 2.75) is 84.1 Å². The van der Waals surface area contributed by atoms with Gasteiger partial charge in [-0.2, -0.15) is 0 Å². The number of aliphatic carboxylic acids is 1. The molecule has 5 rings (SSSR count). The first-order valence-electron chi connectivity index (χ1n) is 17.9. The zero-order valence-electron chi connectivity index (χ0n) is 30.3. The second-order valence-electron chi connectivity index (χ2n) is 14.0. The Bertz CT molecular complexity index is 1890. The largest absolute Gasteiger partial charge is 0.494 e. The summed E-state index contributed by atoms with van der Waals surface area (Å²) in [5.41, 5.74) is 3.37. The third kappa shape index (κ3) is 10.5. The lowest BCUT2D eigenvalue weighted by molar-refractivity contribution is -0.143. The maximum atomic E-state index is 13.6. The Labute approximate surface area is 309 Å². The molecule has 3 aromatic heterocycles. The maximum absolute atomic E-state index is 13.6. The summed E-state index contributed by atoms with van der Waals surface area (Å²) in [7, 11) is 0. The number of ether oxygens (including phenoxy) is 1. The molecule has 0 saturated heterocycles. The van der Waals surface area contributed by atoms with Gasteiger partial charge in [0.2, 0.25) is 5.91 Å². The van der Waals surface area contributed by atoms with Crippen LogP contribution in [0.2, 0.25) is 0 Å². The number of hydrogen-bond acceptors (Lipinski definition) is 8. The van der Waals surface area contributed by atoms with Gasteiger partial charge >= 0.3 is 5.97 Å². The van der Waals surface area contributed by atoms with Crippen molar-refractivity contribution in [1.82, 2.24) is 15.3 Å². The highest BCUT2D eigenvalue weighted by Crippen LogP contribution is 2.31. The van der Waals surface area contributed by atoms with Gasteiger partial charge in [-0.25, -0.2) is 14.8 Å². The van der Waals surface area contributed by atoms with Crippen molar-refractivity contribution in [2.24, 2.45) is 5.92 Å². The molecular formula is C42H47N3O6S. The van der Waals surface area contributed by atoms with E-state index in [-0.39, 0.29) is 29.8 Å². The van der Waals surface area contributed by atoms with E-state index in [2.05, 4.69) is 43.0 Å². The van der Waals surface area contributed by atoms with E-state index in [0.717, 1.165) is 45.9 Å². The molecule has 272 valence electrons. The second-order valence-corrected chi connectivity index (χ2v) is 15.1. The lowest BCUT2D eigenvalue weighted by Gasteiger charge is -2.19. The van der Waals surface area contributed by atoms with E-state index in [9.17, 15) is 19.5 Å². The molecule has 3 heterocycles. The van der Waals surface area contributed by atoms with Gasteiger partial charge in [-0.05, 0) is 65.8 Å². The average Bonchev–Trinajstić information content (AvgIpc) is 3.86. The summed E-state index contributed by atoms with van der Waals surface area (Å²) in [5.74, 6) is -1.30. The van der Waals surface area contributed by atoms with Gasteiger partial charge in [-0.15, -0.1) is 11.3 Å². The van der Waals surface area contributed by atoms with Crippen molar-refractivity contribution in [3.8, 4) is 28.3 Å². The molecule has 5 aromatic rings. The van der Waals surface area contributed by atoms with E-state index in [1.54, 1.807) is 24.5 Å². The number of rotatable bonds is 18. The maximum Gasteiger partial charge on any atom is 0.334 e. The van der Waals surface area contributed by atoms with Crippen molar-refractivity contribution in [2.75, 3.05) is 6.61 Å². The Morgan fingerprint density at radius 3 is 2.17 bits per heavy atom. The molecule has 1 unspecified atom stereocenters. The summed E-state index contributed by atoms with van der Waals surface area (Å²) in [5, 5.41) is 12.4. The summed E-state index contributed by atoms with van der Waals surface area (Å²) >= 11 is 1.42. The molecule has 0 fully saturated rings. The summed E-state index contributed by atoms with van der Waals surface area (Å²) in [6.45, 7) is 9.18. The number of thiophene rings is 1. The zero-order valence-corrected chi connectivity index (χ0v) is 31.1. The third-order valence-electron chi connectivity index (χ3n) is 8.83. The lowest BCUT2D eigenvalue weighted by Crippen LogP contribution is -2.39. The number of carbonyl (C=O) groups excluding carboxylic acids is 2. The predicted octanol–water partition coefficient (Wildman–Crippen LogP) is 9.49. The number of carbonyl (C=O) groups is 3. The third-order valence-corrected chi connectivity index (χ3v) is 10.4. The zero-order chi connectivity index (χ0) is 37.1. The number of hydrogen-bond donors (Lipinski definition) is 2. The van der Waals surface area contributed by atoms with E-state index >= 15 is 0 Å². The molecule has 10 heteroatoms. The first-order valence-corrected chi connectivity index (χ1v) is 18.7. The van der Waals surface area contributed by atoms with Crippen LogP contribution in [0.1, 0.15) is 98.1 Å². The summed E-state index contributed by atoms with van der Waals surface area (Å²) in [6, 6.07) is 20.9. The molecule has 0 aliphatic carbocycles. The van der Waals surface area contributed by atoms with Gasteiger partial charge in [0.1, 0.15) is 11.5 Å². The number of benzene rings is 2. The normalized spacial score (nSPS) is 12.6.